The fourth-order valence-electron chi connectivity index (χ4n) is 1.90. The lowest BCUT2D eigenvalue weighted by Crippen LogP contribution is -2.60. The second-order valence-electron chi connectivity index (χ2n) is 3.45. The average molecular weight is 187 g/mol. The normalized spacial score (nSPS) is 44.5. The van der Waals surface area contributed by atoms with Crippen molar-refractivity contribution in [2.45, 2.75) is 30.9 Å². The molecule has 0 aromatic rings. The first kappa shape index (κ1) is 8.74. The Hall–Kier alpha value is -0.850. The highest BCUT2D eigenvalue weighted by Crippen LogP contribution is 2.25. The van der Waals surface area contributed by atoms with Gasteiger partial charge in [0.25, 0.3) is 0 Å². The summed E-state index contributed by atoms with van der Waals surface area (Å²) in [6.07, 6.45) is -2.51. The molecule has 0 amide bonds. The molecule has 4 unspecified atom stereocenters. The Kier molecular flexibility index (Phi) is 1.90. The summed E-state index contributed by atoms with van der Waals surface area (Å²) in [7, 11) is 0. The molecule has 0 aromatic heterocycles. The van der Waals surface area contributed by atoms with E-state index in [0.29, 0.717) is 6.54 Å². The van der Waals surface area contributed by atoms with Crippen LogP contribution in [0, 0.1) is 0 Å². The second-order valence-corrected chi connectivity index (χ2v) is 3.45. The molecule has 74 valence electrons. The SMILES string of the molecule is NC1=NCC2C(O)C(O)CC(O)N12. The molecule has 0 radical (unpaired) electrons. The van der Waals surface area contributed by atoms with Gasteiger partial charge in [-0.25, -0.2) is 0 Å². The number of aliphatic hydroxyl groups is 3. The largest absolute Gasteiger partial charge is 0.390 e. The number of hydrogen-bond donors (Lipinski definition) is 4. The maximum absolute atomic E-state index is 9.55. The van der Waals surface area contributed by atoms with Gasteiger partial charge >= 0.3 is 0 Å². The van der Waals surface area contributed by atoms with E-state index in [4.69, 9.17) is 5.73 Å². The molecular formula is C7H13N3O3. The van der Waals surface area contributed by atoms with Gasteiger partial charge in [0.15, 0.2) is 5.96 Å². The van der Waals surface area contributed by atoms with Crippen LogP contribution in [0.2, 0.25) is 0 Å². The van der Waals surface area contributed by atoms with Gasteiger partial charge in [0.2, 0.25) is 0 Å². The Morgan fingerprint density at radius 1 is 1.38 bits per heavy atom. The highest BCUT2D eigenvalue weighted by Gasteiger charge is 2.44. The summed E-state index contributed by atoms with van der Waals surface area (Å²) in [5, 5.41) is 28.4. The van der Waals surface area contributed by atoms with Crippen LogP contribution in [0.1, 0.15) is 6.42 Å². The van der Waals surface area contributed by atoms with Gasteiger partial charge in [-0.1, -0.05) is 0 Å². The predicted octanol–water partition coefficient (Wildman–Crippen LogP) is -2.57. The van der Waals surface area contributed by atoms with Crippen LogP contribution in [0.25, 0.3) is 0 Å². The van der Waals surface area contributed by atoms with Crippen LogP contribution in [0.4, 0.5) is 0 Å². The minimum atomic E-state index is -0.891. The van der Waals surface area contributed by atoms with Gasteiger partial charge in [-0.3, -0.25) is 4.99 Å². The number of aliphatic hydroxyl groups excluding tert-OH is 3. The number of aliphatic imine (C=N–C) groups is 1. The minimum absolute atomic E-state index is 0.105. The van der Waals surface area contributed by atoms with E-state index in [1.54, 1.807) is 0 Å². The van der Waals surface area contributed by atoms with E-state index in [2.05, 4.69) is 4.99 Å². The van der Waals surface area contributed by atoms with E-state index in [0.717, 1.165) is 0 Å². The third kappa shape index (κ3) is 1.18. The van der Waals surface area contributed by atoms with Gasteiger partial charge in [0, 0.05) is 6.42 Å². The molecule has 2 rings (SSSR count). The molecule has 0 bridgehead atoms. The zero-order valence-electron chi connectivity index (χ0n) is 7.04. The third-order valence-corrected chi connectivity index (χ3v) is 2.62. The van der Waals surface area contributed by atoms with Crippen molar-refractivity contribution in [2.75, 3.05) is 6.54 Å². The van der Waals surface area contributed by atoms with Crippen molar-refractivity contribution in [2.24, 2.45) is 10.7 Å². The van der Waals surface area contributed by atoms with Crippen molar-refractivity contribution in [1.29, 1.82) is 0 Å². The smallest absolute Gasteiger partial charge is 0.193 e. The first-order valence-electron chi connectivity index (χ1n) is 4.23. The van der Waals surface area contributed by atoms with Crippen molar-refractivity contribution < 1.29 is 15.3 Å². The molecule has 4 atom stereocenters. The fourth-order valence-corrected chi connectivity index (χ4v) is 1.90. The molecule has 0 aliphatic carbocycles. The second kappa shape index (κ2) is 2.83. The summed E-state index contributed by atoms with van der Waals surface area (Å²) >= 11 is 0. The standard InChI is InChI=1S/C7H13N3O3/c8-7-9-2-3-6(13)4(11)1-5(12)10(3)7/h3-6,11-13H,1-2H2,(H2,8,9). The highest BCUT2D eigenvalue weighted by molar-refractivity contribution is 5.80. The lowest BCUT2D eigenvalue weighted by molar-refractivity contribution is -0.120. The molecule has 2 aliphatic rings. The Balaban J connectivity index is 2.20. The maximum atomic E-state index is 9.55. The maximum Gasteiger partial charge on any atom is 0.193 e. The van der Waals surface area contributed by atoms with Crippen LogP contribution < -0.4 is 5.73 Å². The van der Waals surface area contributed by atoms with E-state index in [-0.39, 0.29) is 18.4 Å². The van der Waals surface area contributed by atoms with Crippen molar-refractivity contribution in [3.8, 4) is 0 Å². The summed E-state index contributed by atoms with van der Waals surface area (Å²) in [6, 6.07) is -0.376. The third-order valence-electron chi connectivity index (χ3n) is 2.62. The van der Waals surface area contributed by atoms with Crippen LogP contribution in [-0.2, 0) is 0 Å². The van der Waals surface area contributed by atoms with E-state index in [1.807, 2.05) is 0 Å². The van der Waals surface area contributed by atoms with Crippen LogP contribution in [-0.4, -0.2) is 57.2 Å². The Labute approximate surface area is 75.3 Å². The van der Waals surface area contributed by atoms with E-state index in [1.165, 1.54) is 4.90 Å². The van der Waals surface area contributed by atoms with Gasteiger partial charge in [0.1, 0.15) is 12.3 Å². The first-order chi connectivity index (χ1) is 6.11. The molecule has 6 nitrogen and oxygen atoms in total. The molecule has 0 aromatic carbocycles. The molecular weight excluding hydrogens is 174 g/mol. The van der Waals surface area contributed by atoms with Gasteiger partial charge in [0.05, 0.1) is 18.7 Å². The van der Waals surface area contributed by atoms with E-state index >= 15 is 0 Å². The number of guanidine groups is 1. The van der Waals surface area contributed by atoms with Crippen molar-refractivity contribution >= 4 is 5.96 Å². The van der Waals surface area contributed by atoms with Gasteiger partial charge in [-0.15, -0.1) is 0 Å². The van der Waals surface area contributed by atoms with Crippen LogP contribution in [0.15, 0.2) is 4.99 Å². The number of piperidine rings is 1. The average Bonchev–Trinajstić information content (AvgIpc) is 2.44. The minimum Gasteiger partial charge on any atom is -0.390 e. The van der Waals surface area contributed by atoms with Crippen molar-refractivity contribution in [3.63, 3.8) is 0 Å². The number of hydrogen-bond acceptors (Lipinski definition) is 6. The van der Waals surface area contributed by atoms with Gasteiger partial charge < -0.3 is 26.0 Å². The Morgan fingerprint density at radius 3 is 2.77 bits per heavy atom. The Bertz CT molecular complexity index is 245. The summed E-state index contributed by atoms with van der Waals surface area (Å²) in [5.74, 6) is 0.239. The summed E-state index contributed by atoms with van der Waals surface area (Å²) in [6.45, 7) is 0.334. The molecule has 2 aliphatic heterocycles. The van der Waals surface area contributed by atoms with Crippen LogP contribution in [0.5, 0.6) is 0 Å². The van der Waals surface area contributed by atoms with Crippen molar-refractivity contribution in [1.82, 2.24) is 4.90 Å². The first-order valence-corrected chi connectivity index (χ1v) is 4.23. The molecule has 1 saturated heterocycles. The zero-order valence-corrected chi connectivity index (χ0v) is 7.04. The number of nitrogens with two attached hydrogens (primary N) is 1. The monoisotopic (exact) mass is 187 g/mol. The molecule has 5 N–H and O–H groups in total. The number of nitrogens with zero attached hydrogens (tertiary/aromatic N) is 2. The summed E-state index contributed by atoms with van der Waals surface area (Å²) in [5.41, 5.74) is 5.51. The van der Waals surface area contributed by atoms with Gasteiger partial charge in [-0.05, 0) is 0 Å². The van der Waals surface area contributed by atoms with Crippen molar-refractivity contribution in [3.05, 3.63) is 0 Å². The summed E-state index contributed by atoms with van der Waals surface area (Å²) < 4.78 is 0. The van der Waals surface area contributed by atoms with Crippen LogP contribution in [0.3, 0.4) is 0 Å². The zero-order chi connectivity index (χ0) is 9.59. The molecule has 2 heterocycles. The Morgan fingerprint density at radius 2 is 2.08 bits per heavy atom. The molecule has 6 heteroatoms. The molecule has 1 fully saturated rings. The van der Waals surface area contributed by atoms with Gasteiger partial charge in [-0.2, -0.15) is 0 Å². The molecule has 0 spiro atoms. The van der Waals surface area contributed by atoms with E-state index in [9.17, 15) is 15.3 Å². The molecule has 13 heavy (non-hydrogen) atoms. The summed E-state index contributed by atoms with van der Waals surface area (Å²) in [4.78, 5) is 5.36. The number of fused-ring (bicyclic) bond motifs is 1. The lowest BCUT2D eigenvalue weighted by atomic mass is 9.96. The van der Waals surface area contributed by atoms with E-state index < -0.39 is 18.4 Å². The fraction of sp³-hybridized carbons (Fsp3) is 0.857. The van der Waals surface area contributed by atoms with Crippen LogP contribution >= 0.6 is 0 Å². The highest BCUT2D eigenvalue weighted by atomic mass is 16.3. The lowest BCUT2D eigenvalue weighted by Gasteiger charge is -2.41. The predicted molar refractivity (Wildman–Crippen MR) is 44.8 cm³/mol. The molecule has 0 saturated carbocycles. The quantitative estimate of drug-likeness (QED) is 0.334. The topological polar surface area (TPSA) is 102 Å². The number of rotatable bonds is 0.